The number of benzene rings is 1. The Bertz CT molecular complexity index is 656. The number of thiazole rings is 1. The van der Waals surface area contributed by atoms with Gasteiger partial charge in [-0.1, -0.05) is 13.0 Å². The molecule has 1 aromatic carbocycles. The molecule has 1 aliphatic rings. The average Bonchev–Trinajstić information content (AvgIpc) is 2.90. The maximum atomic E-state index is 13.3. The van der Waals surface area contributed by atoms with E-state index in [9.17, 15) is 4.39 Å². The van der Waals surface area contributed by atoms with E-state index in [0.717, 1.165) is 35.9 Å². The second-order valence-corrected chi connectivity index (χ2v) is 7.18. The smallest absolute Gasteiger partial charge is 0.128 e. The number of hydrogen-bond acceptors (Lipinski definition) is 4. The first-order valence-corrected chi connectivity index (χ1v) is 8.53. The highest BCUT2D eigenvalue weighted by Gasteiger charge is 2.19. The summed E-state index contributed by atoms with van der Waals surface area (Å²) in [6.45, 7) is 3.41. The van der Waals surface area contributed by atoms with Gasteiger partial charge in [-0.25, -0.2) is 9.37 Å². The van der Waals surface area contributed by atoms with E-state index in [1.807, 2.05) is 11.3 Å². The van der Waals surface area contributed by atoms with Crippen LogP contribution in [0.5, 0.6) is 0 Å². The van der Waals surface area contributed by atoms with Crippen LogP contribution in [0.1, 0.15) is 40.1 Å². The third-order valence-electron chi connectivity index (χ3n) is 4.12. The summed E-state index contributed by atoms with van der Waals surface area (Å²) in [4.78, 5) is 6.16. The molecule has 0 spiro atoms. The van der Waals surface area contributed by atoms with Crippen LogP contribution < -0.4 is 5.32 Å². The molecule has 0 saturated carbocycles. The lowest BCUT2D eigenvalue weighted by atomic mass is 9.93. The summed E-state index contributed by atoms with van der Waals surface area (Å²) in [5.41, 5.74) is 2.60. The predicted molar refractivity (Wildman–Crippen MR) is 86.2 cm³/mol. The van der Waals surface area contributed by atoms with Crippen molar-refractivity contribution in [3.63, 3.8) is 0 Å². The van der Waals surface area contributed by atoms with Gasteiger partial charge in [0.2, 0.25) is 0 Å². The number of nitrogens with zero attached hydrogens (tertiary/aromatic N) is 1. The molecule has 1 aliphatic carbocycles. The van der Waals surface area contributed by atoms with E-state index in [1.165, 1.54) is 23.1 Å². The Kier molecular flexibility index (Phi) is 4.86. The third-order valence-corrected chi connectivity index (χ3v) is 5.24. The van der Waals surface area contributed by atoms with Gasteiger partial charge in [0.05, 0.1) is 12.3 Å². The standard InChI is InChI=1S/C17H21FN2OS/c1-11-2-5-15-16(6-11)22-17(20-15)9-19-8-12-3-4-14(18)13(7-12)10-21/h3-4,7,11,19,21H,2,5-6,8-10H2,1H3. The Balaban J connectivity index is 1.57. The number of fused-ring (bicyclic) bond motifs is 1. The molecular formula is C17H21FN2OS. The Hall–Kier alpha value is -1.30. The number of aromatic nitrogens is 1. The van der Waals surface area contributed by atoms with Gasteiger partial charge in [0, 0.05) is 23.5 Å². The molecule has 0 radical (unpaired) electrons. The fourth-order valence-electron chi connectivity index (χ4n) is 2.84. The van der Waals surface area contributed by atoms with Crippen molar-refractivity contribution in [3.05, 3.63) is 50.7 Å². The number of aliphatic hydroxyl groups is 1. The summed E-state index contributed by atoms with van der Waals surface area (Å²) < 4.78 is 13.3. The summed E-state index contributed by atoms with van der Waals surface area (Å²) in [6, 6.07) is 4.86. The van der Waals surface area contributed by atoms with Crippen molar-refractivity contribution in [2.75, 3.05) is 0 Å². The number of hydrogen-bond donors (Lipinski definition) is 2. The number of rotatable bonds is 5. The lowest BCUT2D eigenvalue weighted by Crippen LogP contribution is -2.13. The van der Waals surface area contributed by atoms with Gasteiger partial charge in [-0.2, -0.15) is 0 Å². The lowest BCUT2D eigenvalue weighted by Gasteiger charge is -2.15. The molecule has 2 aromatic rings. The van der Waals surface area contributed by atoms with Crippen LogP contribution in [-0.2, 0) is 32.5 Å². The van der Waals surface area contributed by atoms with Gasteiger partial charge in [-0.3, -0.25) is 0 Å². The summed E-state index contributed by atoms with van der Waals surface area (Å²) in [7, 11) is 0. The number of halogens is 1. The lowest BCUT2D eigenvalue weighted by molar-refractivity contribution is 0.275. The molecule has 3 rings (SSSR count). The van der Waals surface area contributed by atoms with E-state index in [1.54, 1.807) is 12.1 Å². The van der Waals surface area contributed by atoms with Gasteiger partial charge in [0.25, 0.3) is 0 Å². The van der Waals surface area contributed by atoms with Crippen LogP contribution in [-0.4, -0.2) is 10.1 Å². The van der Waals surface area contributed by atoms with E-state index in [2.05, 4.69) is 12.2 Å². The zero-order chi connectivity index (χ0) is 15.5. The quantitative estimate of drug-likeness (QED) is 0.889. The van der Waals surface area contributed by atoms with Crippen LogP contribution in [0.2, 0.25) is 0 Å². The molecule has 5 heteroatoms. The minimum absolute atomic E-state index is 0.267. The normalized spacial score (nSPS) is 17.5. The van der Waals surface area contributed by atoms with Crippen LogP contribution in [0, 0.1) is 11.7 Å². The molecule has 1 atom stereocenters. The summed E-state index contributed by atoms with van der Waals surface area (Å²) in [5.74, 6) is 0.415. The first kappa shape index (κ1) is 15.6. The number of nitrogens with one attached hydrogen (secondary N) is 1. The maximum Gasteiger partial charge on any atom is 0.128 e. The summed E-state index contributed by atoms with van der Waals surface area (Å²) in [5, 5.41) is 13.6. The fourth-order valence-corrected chi connectivity index (χ4v) is 4.09. The molecule has 118 valence electrons. The van der Waals surface area contributed by atoms with Crippen molar-refractivity contribution in [1.29, 1.82) is 0 Å². The van der Waals surface area contributed by atoms with Gasteiger partial charge in [-0.15, -0.1) is 11.3 Å². The minimum Gasteiger partial charge on any atom is -0.392 e. The highest BCUT2D eigenvalue weighted by Crippen LogP contribution is 2.29. The summed E-state index contributed by atoms with van der Waals surface area (Å²) >= 11 is 1.81. The number of aliphatic hydroxyl groups excluding tert-OH is 1. The monoisotopic (exact) mass is 320 g/mol. The van der Waals surface area contributed by atoms with Gasteiger partial charge in [0.15, 0.2) is 0 Å². The molecule has 0 fully saturated rings. The minimum atomic E-state index is -0.354. The molecule has 0 amide bonds. The topological polar surface area (TPSA) is 45.2 Å². The SMILES string of the molecule is CC1CCc2nc(CNCc3ccc(F)c(CO)c3)sc2C1. The molecule has 1 unspecified atom stereocenters. The van der Waals surface area contributed by atoms with Crippen molar-refractivity contribution in [2.45, 2.75) is 45.9 Å². The van der Waals surface area contributed by atoms with Crippen LogP contribution in [0.3, 0.4) is 0 Å². The van der Waals surface area contributed by atoms with Crippen LogP contribution >= 0.6 is 11.3 Å². The Morgan fingerprint density at radius 2 is 2.27 bits per heavy atom. The van der Waals surface area contributed by atoms with Crippen molar-refractivity contribution in [2.24, 2.45) is 5.92 Å². The van der Waals surface area contributed by atoms with E-state index < -0.39 is 0 Å². The predicted octanol–water partition coefficient (Wildman–Crippen LogP) is 3.19. The first-order chi connectivity index (χ1) is 10.7. The molecule has 0 bridgehead atoms. The van der Waals surface area contributed by atoms with E-state index >= 15 is 0 Å². The third kappa shape index (κ3) is 3.54. The van der Waals surface area contributed by atoms with Crippen molar-refractivity contribution >= 4 is 11.3 Å². The number of aryl methyl sites for hydroxylation is 1. The van der Waals surface area contributed by atoms with E-state index in [4.69, 9.17) is 10.1 Å². The van der Waals surface area contributed by atoms with Crippen LogP contribution in [0.15, 0.2) is 18.2 Å². The van der Waals surface area contributed by atoms with Crippen molar-refractivity contribution in [1.82, 2.24) is 10.3 Å². The van der Waals surface area contributed by atoms with E-state index in [0.29, 0.717) is 12.1 Å². The molecule has 1 aromatic heterocycles. The Labute approximate surface area is 134 Å². The Morgan fingerprint density at radius 1 is 1.41 bits per heavy atom. The molecule has 0 aliphatic heterocycles. The highest BCUT2D eigenvalue weighted by atomic mass is 32.1. The fraction of sp³-hybridized carbons (Fsp3) is 0.471. The maximum absolute atomic E-state index is 13.3. The molecule has 0 saturated heterocycles. The zero-order valence-corrected chi connectivity index (χ0v) is 13.5. The van der Waals surface area contributed by atoms with Gasteiger partial charge < -0.3 is 10.4 Å². The summed E-state index contributed by atoms with van der Waals surface area (Å²) in [6.07, 6.45) is 3.50. The van der Waals surface area contributed by atoms with Crippen LogP contribution in [0.25, 0.3) is 0 Å². The average molecular weight is 320 g/mol. The van der Waals surface area contributed by atoms with Crippen LogP contribution in [0.4, 0.5) is 4.39 Å². The van der Waals surface area contributed by atoms with E-state index in [-0.39, 0.29) is 12.4 Å². The van der Waals surface area contributed by atoms with Gasteiger partial charge in [-0.05, 0) is 42.9 Å². The molecule has 3 nitrogen and oxygen atoms in total. The molecule has 2 N–H and O–H groups in total. The Morgan fingerprint density at radius 3 is 3.09 bits per heavy atom. The van der Waals surface area contributed by atoms with Gasteiger partial charge in [0.1, 0.15) is 10.8 Å². The van der Waals surface area contributed by atoms with Crippen molar-refractivity contribution in [3.8, 4) is 0 Å². The largest absolute Gasteiger partial charge is 0.392 e. The first-order valence-electron chi connectivity index (χ1n) is 7.72. The van der Waals surface area contributed by atoms with Gasteiger partial charge >= 0.3 is 0 Å². The second-order valence-electron chi connectivity index (χ2n) is 6.01. The molecule has 1 heterocycles. The van der Waals surface area contributed by atoms with Crippen molar-refractivity contribution < 1.29 is 9.50 Å². The zero-order valence-electron chi connectivity index (χ0n) is 12.7. The molecular weight excluding hydrogens is 299 g/mol. The second kappa shape index (κ2) is 6.86. The highest BCUT2D eigenvalue weighted by molar-refractivity contribution is 7.11. The molecule has 22 heavy (non-hydrogen) atoms.